The van der Waals surface area contributed by atoms with E-state index in [1.54, 1.807) is 37.3 Å². The van der Waals surface area contributed by atoms with Gasteiger partial charge in [0.25, 0.3) is 11.6 Å². The van der Waals surface area contributed by atoms with E-state index in [1.807, 2.05) is 0 Å². The Balaban J connectivity index is 1.71. The van der Waals surface area contributed by atoms with Crippen LogP contribution in [0.5, 0.6) is 5.75 Å². The number of furan rings is 1. The van der Waals surface area contributed by atoms with E-state index in [1.165, 1.54) is 30.5 Å². The summed E-state index contributed by atoms with van der Waals surface area (Å²) in [5.74, 6) is 0.220. The molecule has 0 saturated heterocycles. The lowest BCUT2D eigenvalue weighted by molar-refractivity contribution is -0.384. The average Bonchev–Trinajstić information content (AvgIpc) is 3.10. The van der Waals surface area contributed by atoms with Crippen molar-refractivity contribution in [2.24, 2.45) is 5.10 Å². The summed E-state index contributed by atoms with van der Waals surface area (Å²) >= 11 is 0. The van der Waals surface area contributed by atoms with Crippen molar-refractivity contribution < 1.29 is 19.2 Å². The predicted octanol–water partition coefficient (Wildman–Crippen LogP) is 3.63. The molecule has 2 N–H and O–H groups in total. The lowest BCUT2D eigenvalue weighted by Gasteiger charge is -2.02. The van der Waals surface area contributed by atoms with Crippen LogP contribution in [0.25, 0.3) is 11.3 Å². The van der Waals surface area contributed by atoms with Crippen molar-refractivity contribution in [1.82, 2.24) is 5.43 Å². The number of rotatable bonds is 5. The van der Waals surface area contributed by atoms with Crippen molar-refractivity contribution >= 4 is 17.8 Å². The van der Waals surface area contributed by atoms with Gasteiger partial charge in [-0.2, -0.15) is 5.10 Å². The zero-order valence-electron chi connectivity index (χ0n) is 14.2. The number of phenolic OH excluding ortho intramolecular Hbond substituents is 1. The molecule has 3 rings (SSSR count). The van der Waals surface area contributed by atoms with Crippen molar-refractivity contribution in [3.8, 4) is 17.1 Å². The molecule has 0 saturated carbocycles. The highest BCUT2D eigenvalue weighted by atomic mass is 16.6. The number of carbonyl (C=O) groups excluding carboxylic acids is 1. The van der Waals surface area contributed by atoms with Crippen molar-refractivity contribution in [2.75, 3.05) is 0 Å². The summed E-state index contributed by atoms with van der Waals surface area (Å²) in [5.41, 5.74) is 3.85. The van der Waals surface area contributed by atoms with E-state index in [2.05, 4.69) is 10.5 Å². The Morgan fingerprint density at radius 3 is 2.70 bits per heavy atom. The highest BCUT2D eigenvalue weighted by Gasteiger charge is 2.12. The molecule has 0 spiro atoms. The molecule has 0 fully saturated rings. The molecule has 0 unspecified atom stereocenters. The first-order valence-electron chi connectivity index (χ1n) is 7.92. The first-order valence-corrected chi connectivity index (χ1v) is 7.92. The van der Waals surface area contributed by atoms with Gasteiger partial charge >= 0.3 is 0 Å². The van der Waals surface area contributed by atoms with Crippen molar-refractivity contribution in [2.45, 2.75) is 6.92 Å². The number of carbonyl (C=O) groups is 1. The minimum absolute atomic E-state index is 0.0106. The molecule has 3 aromatic rings. The normalized spacial score (nSPS) is 10.9. The highest BCUT2D eigenvalue weighted by Crippen LogP contribution is 2.28. The quantitative estimate of drug-likeness (QED) is 0.407. The molecule has 1 amide bonds. The summed E-state index contributed by atoms with van der Waals surface area (Å²) in [6.07, 6.45) is 1.32. The number of aryl methyl sites for hydroxylation is 1. The second-order valence-corrected chi connectivity index (χ2v) is 5.67. The zero-order valence-corrected chi connectivity index (χ0v) is 14.2. The molecule has 27 heavy (non-hydrogen) atoms. The molecule has 0 radical (unpaired) electrons. The number of hydrogen-bond donors (Lipinski definition) is 2. The summed E-state index contributed by atoms with van der Waals surface area (Å²) in [6, 6.07) is 14.0. The van der Waals surface area contributed by atoms with E-state index in [0.29, 0.717) is 17.1 Å². The number of hydrogen-bond acceptors (Lipinski definition) is 6. The van der Waals surface area contributed by atoms with Crippen LogP contribution in [0.15, 0.2) is 64.1 Å². The molecule has 0 aliphatic heterocycles. The third-order valence-corrected chi connectivity index (χ3v) is 3.82. The number of phenols is 1. The number of nitro benzene ring substituents is 1. The molecule has 136 valence electrons. The number of nitrogens with zero attached hydrogens (tertiary/aromatic N) is 2. The summed E-state index contributed by atoms with van der Waals surface area (Å²) in [6.45, 7) is 1.76. The van der Waals surface area contributed by atoms with Crippen LogP contribution in [0.1, 0.15) is 21.7 Å². The maximum absolute atomic E-state index is 11.9. The van der Waals surface area contributed by atoms with Crippen LogP contribution in [-0.2, 0) is 0 Å². The van der Waals surface area contributed by atoms with E-state index >= 15 is 0 Å². The third-order valence-electron chi connectivity index (χ3n) is 3.82. The van der Waals surface area contributed by atoms with Gasteiger partial charge in [-0.3, -0.25) is 14.9 Å². The second-order valence-electron chi connectivity index (χ2n) is 5.67. The average molecular weight is 365 g/mol. The number of nitrogens with one attached hydrogen (secondary N) is 1. The van der Waals surface area contributed by atoms with E-state index < -0.39 is 10.8 Å². The van der Waals surface area contributed by atoms with Crippen LogP contribution >= 0.6 is 0 Å². The molecule has 0 bridgehead atoms. The Labute approximate surface area is 153 Å². The molecular weight excluding hydrogens is 350 g/mol. The van der Waals surface area contributed by atoms with Gasteiger partial charge in [-0.05, 0) is 42.8 Å². The van der Waals surface area contributed by atoms with Gasteiger partial charge in [0.05, 0.1) is 16.7 Å². The van der Waals surface area contributed by atoms with Gasteiger partial charge in [-0.1, -0.05) is 12.1 Å². The minimum atomic E-state index is -0.553. The van der Waals surface area contributed by atoms with Gasteiger partial charge < -0.3 is 9.52 Å². The van der Waals surface area contributed by atoms with Crippen molar-refractivity contribution in [1.29, 1.82) is 0 Å². The zero-order chi connectivity index (χ0) is 19.4. The Kier molecular flexibility index (Phi) is 4.98. The second kappa shape index (κ2) is 7.52. The van der Waals surface area contributed by atoms with Crippen LogP contribution < -0.4 is 5.43 Å². The van der Waals surface area contributed by atoms with E-state index in [0.717, 1.165) is 5.56 Å². The maximum Gasteiger partial charge on any atom is 0.275 e. The van der Waals surface area contributed by atoms with Gasteiger partial charge in [0, 0.05) is 17.7 Å². The van der Waals surface area contributed by atoms with Gasteiger partial charge in [0.2, 0.25) is 0 Å². The fraction of sp³-hybridized carbons (Fsp3) is 0.0526. The number of aromatic hydroxyl groups is 1. The molecule has 0 aliphatic rings. The number of hydrazone groups is 1. The first kappa shape index (κ1) is 17.9. The molecule has 8 heteroatoms. The van der Waals surface area contributed by atoms with Crippen LogP contribution in [0.2, 0.25) is 0 Å². The fourth-order valence-electron chi connectivity index (χ4n) is 2.49. The summed E-state index contributed by atoms with van der Waals surface area (Å²) in [5, 5.41) is 24.3. The topological polar surface area (TPSA) is 118 Å². The lowest BCUT2D eigenvalue weighted by atomic mass is 10.1. The molecular formula is C19H15N3O5. The number of nitro groups is 1. The molecule has 0 aliphatic carbocycles. The molecule has 2 aromatic carbocycles. The highest BCUT2D eigenvalue weighted by molar-refractivity contribution is 5.97. The Morgan fingerprint density at radius 1 is 1.22 bits per heavy atom. The summed E-state index contributed by atoms with van der Waals surface area (Å²) in [7, 11) is 0. The minimum Gasteiger partial charge on any atom is -0.507 e. The number of non-ortho nitro benzene ring substituents is 1. The number of amides is 1. The summed E-state index contributed by atoms with van der Waals surface area (Å²) < 4.78 is 5.64. The van der Waals surface area contributed by atoms with Crippen LogP contribution in [0.3, 0.4) is 0 Å². The number of benzene rings is 2. The van der Waals surface area contributed by atoms with Gasteiger partial charge in [-0.25, -0.2) is 5.43 Å². The van der Waals surface area contributed by atoms with Crippen LogP contribution in [0, 0.1) is 17.0 Å². The Hall–Kier alpha value is -3.94. The van der Waals surface area contributed by atoms with Crippen LogP contribution in [0.4, 0.5) is 5.69 Å². The molecule has 1 aromatic heterocycles. The molecule has 0 atom stereocenters. The van der Waals surface area contributed by atoms with E-state index in [-0.39, 0.29) is 17.0 Å². The van der Waals surface area contributed by atoms with Crippen molar-refractivity contribution in [3.05, 3.63) is 81.6 Å². The lowest BCUT2D eigenvalue weighted by Crippen LogP contribution is -2.17. The largest absolute Gasteiger partial charge is 0.507 e. The number of para-hydroxylation sites is 1. The Bertz CT molecular complexity index is 1040. The first-order chi connectivity index (χ1) is 13.0. The third kappa shape index (κ3) is 4.01. The predicted molar refractivity (Wildman–Crippen MR) is 98.7 cm³/mol. The fourth-order valence-corrected chi connectivity index (χ4v) is 2.49. The molecule has 8 nitrogen and oxygen atoms in total. The van der Waals surface area contributed by atoms with E-state index in [4.69, 9.17) is 4.42 Å². The Morgan fingerprint density at radius 2 is 2.00 bits per heavy atom. The van der Waals surface area contributed by atoms with E-state index in [9.17, 15) is 20.0 Å². The van der Waals surface area contributed by atoms with Crippen molar-refractivity contribution in [3.63, 3.8) is 0 Å². The van der Waals surface area contributed by atoms with Gasteiger partial charge in [0.15, 0.2) is 0 Å². The monoisotopic (exact) mass is 365 g/mol. The maximum atomic E-state index is 11.9. The van der Waals surface area contributed by atoms with Gasteiger partial charge in [0.1, 0.15) is 17.3 Å². The molecule has 1 heterocycles. The SMILES string of the molecule is Cc1cc([N+](=O)[O-])ccc1-c1ccc(/C=N\NC(=O)c2ccccc2O)o1. The summed E-state index contributed by atoms with van der Waals surface area (Å²) in [4.78, 5) is 22.3. The standard InChI is InChI=1S/C19H15N3O5/c1-12-10-13(22(25)26)6-8-15(12)18-9-7-14(27-18)11-20-21-19(24)16-4-2-3-5-17(16)23/h2-11,23H,1H3,(H,21,24)/b20-11-. The van der Waals surface area contributed by atoms with Crippen LogP contribution in [-0.4, -0.2) is 22.2 Å². The smallest absolute Gasteiger partial charge is 0.275 e. The van der Waals surface area contributed by atoms with Gasteiger partial charge in [-0.15, -0.1) is 0 Å².